The molecule has 0 bridgehead atoms. The molecule has 0 radical (unpaired) electrons. The molecule has 2 N–H and O–H groups in total. The van der Waals surface area contributed by atoms with Crippen molar-refractivity contribution in [1.82, 2.24) is 0 Å². The molecule has 0 aromatic heterocycles. The van der Waals surface area contributed by atoms with Gasteiger partial charge in [0.05, 0.1) is 20.3 Å². The third-order valence-electron chi connectivity index (χ3n) is 2.32. The van der Waals surface area contributed by atoms with E-state index in [2.05, 4.69) is 0 Å². The van der Waals surface area contributed by atoms with Crippen LogP contribution in [0.2, 0.25) is 0 Å². The monoisotopic (exact) mass is 195 g/mol. The first-order valence-corrected chi connectivity index (χ1v) is 4.40. The molecule has 0 saturated carbocycles. The van der Waals surface area contributed by atoms with Crippen LogP contribution in [-0.4, -0.2) is 20.8 Å². The highest BCUT2D eigenvalue weighted by atomic mass is 16.5. The molecular weight excluding hydrogens is 182 g/mol. The van der Waals surface area contributed by atoms with Crippen molar-refractivity contribution in [3.63, 3.8) is 0 Å². The third-order valence-corrected chi connectivity index (χ3v) is 2.32. The summed E-state index contributed by atoms with van der Waals surface area (Å²) < 4.78 is 15.8. The van der Waals surface area contributed by atoms with Gasteiger partial charge < -0.3 is 19.9 Å². The molecule has 0 fully saturated rings. The van der Waals surface area contributed by atoms with Gasteiger partial charge in [-0.3, -0.25) is 0 Å². The summed E-state index contributed by atoms with van der Waals surface area (Å²) >= 11 is 0. The number of benzene rings is 1. The van der Waals surface area contributed by atoms with Crippen molar-refractivity contribution < 1.29 is 14.2 Å². The first-order valence-electron chi connectivity index (χ1n) is 4.40. The Morgan fingerprint density at radius 2 is 2.14 bits per heavy atom. The Hall–Kier alpha value is -1.42. The maximum Gasteiger partial charge on any atom is 0.166 e. The summed E-state index contributed by atoms with van der Waals surface area (Å²) in [5.74, 6) is 2.15. The molecular formula is C10H13NO3. The zero-order valence-electron chi connectivity index (χ0n) is 8.24. The lowest BCUT2D eigenvalue weighted by Gasteiger charge is -2.09. The molecule has 2 rings (SSSR count). The summed E-state index contributed by atoms with van der Waals surface area (Å²) in [6.45, 7) is 0.499. The molecule has 1 aromatic rings. The van der Waals surface area contributed by atoms with Crippen molar-refractivity contribution in [1.29, 1.82) is 0 Å². The smallest absolute Gasteiger partial charge is 0.166 e. The predicted molar refractivity (Wildman–Crippen MR) is 52.0 cm³/mol. The highest BCUT2D eigenvalue weighted by Crippen LogP contribution is 2.42. The molecule has 1 aromatic carbocycles. The Balaban J connectivity index is 2.52. The van der Waals surface area contributed by atoms with Crippen LogP contribution in [0.25, 0.3) is 0 Å². The number of fused-ring (bicyclic) bond motifs is 1. The first-order chi connectivity index (χ1) is 6.76. The molecule has 0 unspecified atom stereocenters. The molecule has 1 aliphatic rings. The van der Waals surface area contributed by atoms with Gasteiger partial charge in [0.2, 0.25) is 0 Å². The van der Waals surface area contributed by atoms with Gasteiger partial charge in [-0.05, 0) is 6.07 Å². The van der Waals surface area contributed by atoms with Crippen molar-refractivity contribution in [2.45, 2.75) is 6.04 Å². The van der Waals surface area contributed by atoms with E-state index in [1.165, 1.54) is 0 Å². The van der Waals surface area contributed by atoms with Crippen LogP contribution < -0.4 is 19.9 Å². The highest BCUT2D eigenvalue weighted by Gasteiger charge is 2.25. The number of hydrogen-bond donors (Lipinski definition) is 1. The third kappa shape index (κ3) is 1.28. The Morgan fingerprint density at radius 3 is 2.79 bits per heavy atom. The Bertz CT molecular complexity index is 351. The van der Waals surface area contributed by atoms with Gasteiger partial charge in [-0.15, -0.1) is 0 Å². The fraction of sp³-hybridized carbons (Fsp3) is 0.400. The Morgan fingerprint density at radius 1 is 1.36 bits per heavy atom. The lowest BCUT2D eigenvalue weighted by Crippen LogP contribution is -2.10. The minimum atomic E-state index is -0.0889. The SMILES string of the molecule is COc1cc(OC)c2c(c1)[C@@H](N)CO2. The van der Waals surface area contributed by atoms with Crippen LogP contribution in [0.5, 0.6) is 17.2 Å². The average Bonchev–Trinajstić information content (AvgIpc) is 2.59. The average molecular weight is 195 g/mol. The summed E-state index contributed by atoms with van der Waals surface area (Å²) in [6.07, 6.45) is 0. The van der Waals surface area contributed by atoms with Gasteiger partial charge in [-0.25, -0.2) is 0 Å². The molecule has 1 atom stereocenters. The molecule has 4 heteroatoms. The predicted octanol–water partition coefficient (Wildman–Crippen LogP) is 1.10. The minimum absolute atomic E-state index is 0.0889. The van der Waals surface area contributed by atoms with Crippen LogP contribution in [0.3, 0.4) is 0 Å². The van der Waals surface area contributed by atoms with E-state index in [0.717, 1.165) is 17.1 Å². The van der Waals surface area contributed by atoms with E-state index in [1.54, 1.807) is 20.3 Å². The summed E-state index contributed by atoms with van der Waals surface area (Å²) in [6, 6.07) is 3.58. The van der Waals surface area contributed by atoms with Crippen molar-refractivity contribution in [3.05, 3.63) is 17.7 Å². The molecule has 14 heavy (non-hydrogen) atoms. The lowest BCUT2D eigenvalue weighted by molar-refractivity contribution is 0.310. The quantitative estimate of drug-likeness (QED) is 0.767. The number of methoxy groups -OCH3 is 2. The number of rotatable bonds is 2. The normalized spacial score (nSPS) is 18.6. The zero-order chi connectivity index (χ0) is 10.1. The molecule has 1 heterocycles. The van der Waals surface area contributed by atoms with Crippen molar-refractivity contribution in [2.75, 3.05) is 20.8 Å². The van der Waals surface area contributed by atoms with Gasteiger partial charge in [0.25, 0.3) is 0 Å². The topological polar surface area (TPSA) is 53.7 Å². The summed E-state index contributed by atoms with van der Waals surface area (Å²) in [5, 5.41) is 0. The number of ether oxygens (including phenoxy) is 3. The van der Waals surface area contributed by atoms with E-state index in [4.69, 9.17) is 19.9 Å². The van der Waals surface area contributed by atoms with E-state index < -0.39 is 0 Å². The Labute approximate surface area is 82.6 Å². The highest BCUT2D eigenvalue weighted by molar-refractivity contribution is 5.54. The lowest BCUT2D eigenvalue weighted by atomic mass is 10.1. The van der Waals surface area contributed by atoms with Gasteiger partial charge in [0, 0.05) is 11.6 Å². The van der Waals surface area contributed by atoms with Crippen LogP contribution in [0.15, 0.2) is 12.1 Å². The largest absolute Gasteiger partial charge is 0.497 e. The van der Waals surface area contributed by atoms with E-state index in [0.29, 0.717) is 12.4 Å². The summed E-state index contributed by atoms with van der Waals surface area (Å²) in [5.41, 5.74) is 6.80. The van der Waals surface area contributed by atoms with Crippen LogP contribution in [0.4, 0.5) is 0 Å². The van der Waals surface area contributed by atoms with Gasteiger partial charge in [-0.1, -0.05) is 0 Å². The number of nitrogens with two attached hydrogens (primary N) is 1. The van der Waals surface area contributed by atoms with Crippen LogP contribution in [0.1, 0.15) is 11.6 Å². The summed E-state index contributed by atoms with van der Waals surface area (Å²) in [7, 11) is 3.21. The molecule has 0 spiro atoms. The number of hydrogen-bond acceptors (Lipinski definition) is 4. The van der Waals surface area contributed by atoms with Gasteiger partial charge >= 0.3 is 0 Å². The maximum atomic E-state index is 5.86. The second-order valence-electron chi connectivity index (χ2n) is 3.17. The first kappa shape index (κ1) is 9.15. The second kappa shape index (κ2) is 3.38. The fourth-order valence-electron chi connectivity index (χ4n) is 1.56. The van der Waals surface area contributed by atoms with E-state index in [9.17, 15) is 0 Å². The maximum absolute atomic E-state index is 5.86. The minimum Gasteiger partial charge on any atom is -0.497 e. The van der Waals surface area contributed by atoms with E-state index in [1.807, 2.05) is 6.07 Å². The van der Waals surface area contributed by atoms with E-state index >= 15 is 0 Å². The fourth-order valence-corrected chi connectivity index (χ4v) is 1.56. The molecule has 0 aliphatic carbocycles. The van der Waals surface area contributed by atoms with Crippen LogP contribution >= 0.6 is 0 Å². The van der Waals surface area contributed by atoms with Crippen LogP contribution in [-0.2, 0) is 0 Å². The zero-order valence-corrected chi connectivity index (χ0v) is 8.24. The van der Waals surface area contributed by atoms with Crippen molar-refractivity contribution >= 4 is 0 Å². The standard InChI is InChI=1S/C10H13NO3/c1-12-6-3-7-8(11)5-14-10(7)9(4-6)13-2/h3-4,8H,5,11H2,1-2H3/t8-/m0/s1. The van der Waals surface area contributed by atoms with Gasteiger partial charge in [0.1, 0.15) is 12.4 Å². The molecule has 4 nitrogen and oxygen atoms in total. The van der Waals surface area contributed by atoms with E-state index in [-0.39, 0.29) is 6.04 Å². The van der Waals surface area contributed by atoms with Gasteiger partial charge in [0.15, 0.2) is 11.5 Å². The van der Waals surface area contributed by atoms with Crippen LogP contribution in [0, 0.1) is 0 Å². The van der Waals surface area contributed by atoms with Gasteiger partial charge in [-0.2, -0.15) is 0 Å². The van der Waals surface area contributed by atoms with Crippen molar-refractivity contribution in [2.24, 2.45) is 5.73 Å². The molecule has 0 amide bonds. The van der Waals surface area contributed by atoms with Crippen molar-refractivity contribution in [3.8, 4) is 17.2 Å². The molecule has 76 valence electrons. The molecule has 0 saturated heterocycles. The molecule has 1 aliphatic heterocycles. The summed E-state index contributed by atoms with van der Waals surface area (Å²) in [4.78, 5) is 0. The second-order valence-corrected chi connectivity index (χ2v) is 3.17. The Kier molecular flexibility index (Phi) is 2.21.